The maximum atomic E-state index is 13.3. The molecule has 0 atom stereocenters. The smallest absolute Gasteiger partial charge is 0.298 e. The van der Waals surface area contributed by atoms with Gasteiger partial charge in [0.25, 0.3) is 0 Å². The Hall–Kier alpha value is -4.18. The molecule has 0 spiro atoms. The van der Waals surface area contributed by atoms with Crippen LogP contribution >= 0.6 is 34.8 Å². The fourth-order valence-corrected chi connectivity index (χ4v) is 5.54. The van der Waals surface area contributed by atoms with Crippen molar-refractivity contribution >= 4 is 62.9 Å². The van der Waals surface area contributed by atoms with Gasteiger partial charge >= 0.3 is 12.4 Å². The van der Waals surface area contributed by atoms with Gasteiger partial charge in [0.2, 0.25) is 0 Å². The number of aromatic nitrogens is 2. The van der Waals surface area contributed by atoms with E-state index in [1.54, 1.807) is 48.5 Å². The van der Waals surface area contributed by atoms with E-state index >= 15 is 0 Å². The first-order valence-corrected chi connectivity index (χ1v) is 14.6. The maximum absolute atomic E-state index is 13.3. The monoisotopic (exact) mass is 690 g/mol. The molecule has 0 radical (unpaired) electrons. The fraction of sp³-hybridized carbons (Fsp3) is 0.0882. The number of hydrogen-bond acceptors (Lipinski definition) is 3. The van der Waals surface area contributed by atoms with Gasteiger partial charge in [0, 0.05) is 43.4 Å². The zero-order chi connectivity index (χ0) is 33.2. The SMILES string of the molecule is FC(F)(F)c1ccccc1-c1nc2cccc(Cl)c2cc1CCl.O=Cc1cc2c(Cl)cccc2nc1-c1ccccc1C(F)(F)F. The maximum Gasteiger partial charge on any atom is 0.417 e. The van der Waals surface area contributed by atoms with Gasteiger partial charge in [-0.1, -0.05) is 71.7 Å². The number of hydrogen-bond donors (Lipinski definition) is 0. The topological polar surface area (TPSA) is 42.9 Å². The summed E-state index contributed by atoms with van der Waals surface area (Å²) in [6.45, 7) is 0. The van der Waals surface area contributed by atoms with Crippen LogP contribution in [0.3, 0.4) is 0 Å². The molecule has 46 heavy (non-hydrogen) atoms. The second-order valence-corrected chi connectivity index (χ2v) is 11.0. The Bertz CT molecular complexity index is 2080. The summed E-state index contributed by atoms with van der Waals surface area (Å²) < 4.78 is 79.4. The van der Waals surface area contributed by atoms with Crippen molar-refractivity contribution in [3.05, 3.63) is 129 Å². The molecule has 0 aliphatic carbocycles. The van der Waals surface area contributed by atoms with Crippen LogP contribution in [0.5, 0.6) is 0 Å². The Labute approximate surface area is 273 Å². The van der Waals surface area contributed by atoms with Gasteiger partial charge in [-0.15, -0.1) is 11.6 Å². The van der Waals surface area contributed by atoms with Gasteiger partial charge in [-0.05, 0) is 54.1 Å². The minimum Gasteiger partial charge on any atom is -0.298 e. The predicted octanol–water partition coefficient (Wildman–Crippen LogP) is 11.7. The molecule has 0 N–H and O–H groups in total. The Morgan fingerprint density at radius 3 is 1.54 bits per heavy atom. The standard InChI is InChI=1S/C17H10Cl2F3N.C17H9ClF3NO/c18-9-10-8-12-14(19)6-3-7-15(12)23-16(10)11-4-1-2-5-13(11)17(20,21)22;18-14-6-3-7-15-12(14)8-10(9-23)16(22-15)11-4-1-2-5-13(11)17(19,20)21/h1-8H,9H2;1-9H. The van der Waals surface area contributed by atoms with Crippen LogP contribution in [0, 0.1) is 0 Å². The van der Waals surface area contributed by atoms with E-state index in [0.29, 0.717) is 43.7 Å². The van der Waals surface area contributed by atoms with Crippen molar-refractivity contribution < 1.29 is 31.1 Å². The van der Waals surface area contributed by atoms with Gasteiger partial charge in [-0.3, -0.25) is 4.79 Å². The van der Waals surface area contributed by atoms with Gasteiger partial charge in [0.1, 0.15) is 0 Å². The van der Waals surface area contributed by atoms with Gasteiger partial charge in [0.15, 0.2) is 6.29 Å². The molecule has 2 aromatic heterocycles. The quantitative estimate of drug-likeness (QED) is 0.105. The fourth-order valence-electron chi connectivity index (χ4n) is 4.89. The van der Waals surface area contributed by atoms with Gasteiger partial charge < -0.3 is 0 Å². The Morgan fingerprint density at radius 1 is 0.609 bits per heavy atom. The number of carbonyl (C=O) groups excluding carboxylic acids is 1. The first-order chi connectivity index (χ1) is 21.8. The van der Waals surface area contributed by atoms with Crippen LogP contribution in [0.25, 0.3) is 44.3 Å². The van der Waals surface area contributed by atoms with Crippen LogP contribution in [-0.2, 0) is 18.2 Å². The third kappa shape index (κ3) is 6.82. The van der Waals surface area contributed by atoms with Crippen molar-refractivity contribution in [2.24, 2.45) is 0 Å². The Kier molecular flexibility index (Phi) is 9.58. The largest absolute Gasteiger partial charge is 0.417 e. The molecule has 0 bridgehead atoms. The Balaban J connectivity index is 0.000000181. The van der Waals surface area contributed by atoms with E-state index in [-0.39, 0.29) is 34.0 Å². The zero-order valence-corrected chi connectivity index (χ0v) is 25.5. The van der Waals surface area contributed by atoms with Gasteiger partial charge in [-0.25, -0.2) is 9.97 Å². The lowest BCUT2D eigenvalue weighted by Crippen LogP contribution is -2.08. The number of fused-ring (bicyclic) bond motifs is 2. The molecule has 3 nitrogen and oxygen atoms in total. The summed E-state index contributed by atoms with van der Waals surface area (Å²) >= 11 is 18.1. The second kappa shape index (κ2) is 13.3. The molecule has 12 heteroatoms. The lowest BCUT2D eigenvalue weighted by atomic mass is 9.99. The van der Waals surface area contributed by atoms with Crippen molar-refractivity contribution in [2.75, 3.05) is 0 Å². The minimum atomic E-state index is -4.54. The van der Waals surface area contributed by atoms with Crippen LogP contribution in [0.1, 0.15) is 27.0 Å². The molecule has 6 rings (SSSR count). The van der Waals surface area contributed by atoms with Crippen LogP contribution < -0.4 is 0 Å². The molecular formula is C34H19Cl3F6N2O. The molecule has 2 heterocycles. The molecule has 0 fully saturated rings. The number of halogens is 9. The number of alkyl halides is 7. The molecule has 0 saturated carbocycles. The average Bonchev–Trinajstić information content (AvgIpc) is 3.03. The van der Waals surface area contributed by atoms with Crippen LogP contribution in [0.4, 0.5) is 26.3 Å². The van der Waals surface area contributed by atoms with Gasteiger partial charge in [0.05, 0.1) is 33.5 Å². The number of pyridine rings is 2. The molecule has 0 saturated heterocycles. The molecule has 0 aliphatic rings. The first kappa shape index (κ1) is 33.2. The zero-order valence-electron chi connectivity index (χ0n) is 23.2. The van der Waals surface area contributed by atoms with Crippen molar-refractivity contribution in [1.82, 2.24) is 9.97 Å². The number of carbonyl (C=O) groups is 1. The summed E-state index contributed by atoms with van der Waals surface area (Å²) in [4.78, 5) is 20.0. The molecule has 6 aromatic rings. The molecule has 0 amide bonds. The lowest BCUT2D eigenvalue weighted by Gasteiger charge is -2.15. The molecule has 4 aromatic carbocycles. The van der Waals surface area contributed by atoms with E-state index in [4.69, 9.17) is 34.8 Å². The summed E-state index contributed by atoms with van der Waals surface area (Å²) in [5, 5.41) is 2.05. The number of rotatable bonds is 4. The third-order valence-corrected chi connectivity index (χ3v) is 7.91. The highest BCUT2D eigenvalue weighted by Gasteiger charge is 2.35. The van der Waals surface area contributed by atoms with E-state index in [2.05, 4.69) is 9.97 Å². The van der Waals surface area contributed by atoms with E-state index < -0.39 is 23.5 Å². The molecular weight excluding hydrogens is 673 g/mol. The summed E-state index contributed by atoms with van der Waals surface area (Å²) in [5.41, 5.74) is 0.0313. The first-order valence-electron chi connectivity index (χ1n) is 13.3. The highest BCUT2D eigenvalue weighted by molar-refractivity contribution is 6.36. The van der Waals surface area contributed by atoms with Crippen molar-refractivity contribution in [1.29, 1.82) is 0 Å². The van der Waals surface area contributed by atoms with Crippen molar-refractivity contribution in [3.8, 4) is 22.5 Å². The molecule has 234 valence electrons. The van der Waals surface area contributed by atoms with E-state index in [1.165, 1.54) is 36.4 Å². The molecule has 0 unspecified atom stereocenters. The summed E-state index contributed by atoms with van der Waals surface area (Å²) in [7, 11) is 0. The Morgan fingerprint density at radius 2 is 1.07 bits per heavy atom. The average molecular weight is 692 g/mol. The highest BCUT2D eigenvalue weighted by atomic mass is 35.5. The number of nitrogens with zero attached hydrogens (tertiary/aromatic N) is 2. The van der Waals surface area contributed by atoms with E-state index in [1.807, 2.05) is 0 Å². The van der Waals surface area contributed by atoms with E-state index in [9.17, 15) is 31.1 Å². The molecule has 0 aliphatic heterocycles. The summed E-state index contributed by atoms with van der Waals surface area (Å²) in [6, 6.07) is 23.6. The second-order valence-electron chi connectivity index (χ2n) is 9.87. The highest BCUT2D eigenvalue weighted by Crippen LogP contribution is 2.40. The van der Waals surface area contributed by atoms with Crippen molar-refractivity contribution in [3.63, 3.8) is 0 Å². The number of aldehydes is 1. The predicted molar refractivity (Wildman–Crippen MR) is 169 cm³/mol. The minimum absolute atomic E-state index is 0.0114. The summed E-state index contributed by atoms with van der Waals surface area (Å²) in [5.74, 6) is 0.0374. The third-order valence-electron chi connectivity index (χ3n) is 6.97. The van der Waals surface area contributed by atoms with Crippen LogP contribution in [0.2, 0.25) is 10.0 Å². The van der Waals surface area contributed by atoms with Crippen LogP contribution in [-0.4, -0.2) is 16.3 Å². The van der Waals surface area contributed by atoms with E-state index in [0.717, 1.165) is 12.1 Å². The van der Waals surface area contributed by atoms with Gasteiger partial charge in [-0.2, -0.15) is 26.3 Å². The number of benzene rings is 4. The normalized spacial score (nSPS) is 11.8. The van der Waals surface area contributed by atoms with Crippen molar-refractivity contribution in [2.45, 2.75) is 18.2 Å². The summed E-state index contributed by atoms with van der Waals surface area (Å²) in [6.07, 6.45) is -8.52. The lowest BCUT2D eigenvalue weighted by molar-refractivity contribution is -0.137. The van der Waals surface area contributed by atoms with Crippen LogP contribution in [0.15, 0.2) is 97.1 Å².